The summed E-state index contributed by atoms with van der Waals surface area (Å²) in [5.41, 5.74) is 0. The molecule has 0 N–H and O–H groups in total. The molecule has 2 bridgehead atoms. The SMILES string of the molecule is c1cc([C@@H]2CN3CC[C@@H]2C3)on1. The summed E-state index contributed by atoms with van der Waals surface area (Å²) >= 11 is 0. The van der Waals surface area contributed by atoms with E-state index in [0.717, 1.165) is 11.7 Å². The molecule has 12 heavy (non-hydrogen) atoms. The number of hydrogen-bond donors (Lipinski definition) is 0. The number of fused-ring (bicyclic) bond motifs is 2. The summed E-state index contributed by atoms with van der Waals surface area (Å²) in [7, 11) is 0. The van der Waals surface area contributed by atoms with Crippen molar-refractivity contribution in [2.24, 2.45) is 5.92 Å². The molecule has 0 radical (unpaired) electrons. The second-order valence-corrected chi connectivity index (χ2v) is 3.83. The zero-order chi connectivity index (χ0) is 7.97. The number of hydrogen-bond acceptors (Lipinski definition) is 3. The summed E-state index contributed by atoms with van der Waals surface area (Å²) in [6.45, 7) is 3.74. The topological polar surface area (TPSA) is 29.3 Å². The first-order valence-electron chi connectivity index (χ1n) is 4.56. The third-order valence-corrected chi connectivity index (χ3v) is 3.16. The first kappa shape index (κ1) is 6.66. The summed E-state index contributed by atoms with van der Waals surface area (Å²) in [5.74, 6) is 2.54. The van der Waals surface area contributed by atoms with Gasteiger partial charge < -0.3 is 9.42 Å². The van der Waals surface area contributed by atoms with Gasteiger partial charge in [0, 0.05) is 25.1 Å². The Morgan fingerprint density at radius 1 is 1.50 bits per heavy atom. The smallest absolute Gasteiger partial charge is 0.141 e. The number of piperidine rings is 1. The van der Waals surface area contributed by atoms with Crippen LogP contribution in [0.5, 0.6) is 0 Å². The van der Waals surface area contributed by atoms with Crippen molar-refractivity contribution in [1.82, 2.24) is 10.1 Å². The predicted molar refractivity (Wildman–Crippen MR) is 43.8 cm³/mol. The van der Waals surface area contributed by atoms with Crippen molar-refractivity contribution in [3.05, 3.63) is 18.0 Å². The predicted octanol–water partition coefficient (Wildman–Crippen LogP) is 1.09. The molecule has 3 heterocycles. The third kappa shape index (κ3) is 0.829. The Bertz CT molecular complexity index is 270. The van der Waals surface area contributed by atoms with Crippen LogP contribution in [0.1, 0.15) is 18.1 Å². The van der Waals surface area contributed by atoms with Crippen LogP contribution in [0.25, 0.3) is 0 Å². The van der Waals surface area contributed by atoms with Gasteiger partial charge in [-0.25, -0.2) is 0 Å². The van der Waals surface area contributed by atoms with E-state index in [2.05, 4.69) is 10.1 Å². The second kappa shape index (κ2) is 2.33. The van der Waals surface area contributed by atoms with Gasteiger partial charge in [-0.2, -0.15) is 0 Å². The fraction of sp³-hybridized carbons (Fsp3) is 0.667. The average Bonchev–Trinajstić information content (AvgIpc) is 2.81. The molecule has 2 saturated heterocycles. The average molecular weight is 164 g/mol. The van der Waals surface area contributed by atoms with E-state index in [1.807, 2.05) is 6.07 Å². The van der Waals surface area contributed by atoms with Crippen LogP contribution in [0.4, 0.5) is 0 Å². The molecule has 0 aliphatic carbocycles. The van der Waals surface area contributed by atoms with Gasteiger partial charge >= 0.3 is 0 Å². The lowest BCUT2D eigenvalue weighted by atomic mass is 9.91. The van der Waals surface area contributed by atoms with Crippen molar-refractivity contribution >= 4 is 0 Å². The van der Waals surface area contributed by atoms with Crippen molar-refractivity contribution in [1.29, 1.82) is 0 Å². The fourth-order valence-corrected chi connectivity index (χ4v) is 2.52. The molecule has 1 aromatic rings. The molecule has 0 spiro atoms. The lowest BCUT2D eigenvalue weighted by molar-refractivity contribution is 0.295. The molecule has 3 atom stereocenters. The molecule has 3 rings (SSSR count). The Hall–Kier alpha value is -0.830. The van der Waals surface area contributed by atoms with E-state index in [4.69, 9.17) is 4.52 Å². The van der Waals surface area contributed by atoms with Gasteiger partial charge in [0.05, 0.1) is 6.20 Å². The van der Waals surface area contributed by atoms with Gasteiger partial charge in [-0.05, 0) is 18.9 Å². The molecule has 2 aliphatic heterocycles. The zero-order valence-electron chi connectivity index (χ0n) is 6.94. The second-order valence-electron chi connectivity index (χ2n) is 3.83. The van der Waals surface area contributed by atoms with E-state index in [1.54, 1.807) is 6.20 Å². The van der Waals surface area contributed by atoms with Gasteiger partial charge in [0.1, 0.15) is 5.76 Å². The Labute approximate surface area is 71.3 Å². The normalized spacial score (nSPS) is 39.2. The summed E-state index contributed by atoms with van der Waals surface area (Å²) in [5, 5.41) is 3.76. The van der Waals surface area contributed by atoms with Crippen molar-refractivity contribution < 1.29 is 4.52 Å². The number of rotatable bonds is 1. The summed E-state index contributed by atoms with van der Waals surface area (Å²) in [6, 6.07) is 2.01. The fourth-order valence-electron chi connectivity index (χ4n) is 2.52. The Kier molecular flexibility index (Phi) is 1.29. The number of aromatic nitrogens is 1. The molecule has 0 amide bonds. The molecule has 2 aliphatic rings. The highest BCUT2D eigenvalue weighted by atomic mass is 16.5. The van der Waals surface area contributed by atoms with E-state index >= 15 is 0 Å². The van der Waals surface area contributed by atoms with Gasteiger partial charge in [0.15, 0.2) is 0 Å². The van der Waals surface area contributed by atoms with Crippen LogP contribution in [-0.4, -0.2) is 29.7 Å². The zero-order valence-corrected chi connectivity index (χ0v) is 6.94. The minimum Gasteiger partial charge on any atom is -0.361 e. The van der Waals surface area contributed by atoms with E-state index in [0.29, 0.717) is 5.92 Å². The minimum atomic E-state index is 0.626. The van der Waals surface area contributed by atoms with Crippen molar-refractivity contribution in [2.75, 3.05) is 19.6 Å². The van der Waals surface area contributed by atoms with E-state index in [-0.39, 0.29) is 0 Å². The molecule has 64 valence electrons. The van der Waals surface area contributed by atoms with Crippen molar-refractivity contribution in [2.45, 2.75) is 12.3 Å². The Morgan fingerprint density at radius 2 is 2.50 bits per heavy atom. The largest absolute Gasteiger partial charge is 0.361 e. The lowest BCUT2D eigenvalue weighted by Crippen LogP contribution is -2.21. The molecular formula is C9H12N2O. The summed E-state index contributed by atoms with van der Waals surface area (Å²) in [4.78, 5) is 2.51. The molecule has 1 aromatic heterocycles. The lowest BCUT2D eigenvalue weighted by Gasteiger charge is -2.18. The highest BCUT2D eigenvalue weighted by Gasteiger charge is 2.40. The van der Waals surface area contributed by atoms with Gasteiger partial charge in [-0.3, -0.25) is 0 Å². The van der Waals surface area contributed by atoms with Crippen molar-refractivity contribution in [3.63, 3.8) is 0 Å². The molecule has 3 heteroatoms. The maximum atomic E-state index is 5.19. The van der Waals surface area contributed by atoms with Gasteiger partial charge in [-0.15, -0.1) is 0 Å². The highest BCUT2D eigenvalue weighted by molar-refractivity contribution is 5.10. The van der Waals surface area contributed by atoms with E-state index in [1.165, 1.54) is 26.1 Å². The quantitative estimate of drug-likeness (QED) is 0.622. The van der Waals surface area contributed by atoms with E-state index in [9.17, 15) is 0 Å². The van der Waals surface area contributed by atoms with Crippen molar-refractivity contribution in [3.8, 4) is 0 Å². The first-order valence-corrected chi connectivity index (χ1v) is 4.56. The third-order valence-electron chi connectivity index (χ3n) is 3.16. The molecule has 0 saturated carbocycles. The highest BCUT2D eigenvalue weighted by Crippen LogP contribution is 2.39. The molecular weight excluding hydrogens is 152 g/mol. The Morgan fingerprint density at radius 3 is 3.08 bits per heavy atom. The van der Waals surface area contributed by atoms with Crippen LogP contribution < -0.4 is 0 Å². The molecule has 3 nitrogen and oxygen atoms in total. The Balaban J connectivity index is 1.87. The maximum Gasteiger partial charge on any atom is 0.141 e. The van der Waals surface area contributed by atoms with E-state index < -0.39 is 0 Å². The van der Waals surface area contributed by atoms with Crippen LogP contribution in [0.2, 0.25) is 0 Å². The first-order chi connectivity index (χ1) is 5.93. The van der Waals surface area contributed by atoms with Crippen LogP contribution in [0.3, 0.4) is 0 Å². The van der Waals surface area contributed by atoms with Crippen LogP contribution >= 0.6 is 0 Å². The van der Waals surface area contributed by atoms with Crippen LogP contribution in [-0.2, 0) is 0 Å². The van der Waals surface area contributed by atoms with Gasteiger partial charge in [0.2, 0.25) is 0 Å². The standard InChI is InChI=1S/C9H12N2O/c1-3-10-12-9(1)8-6-11-4-2-7(8)5-11/h1,3,7-8H,2,4-6H2/t7-,8-/m1/s1. The molecule has 2 fully saturated rings. The van der Waals surface area contributed by atoms with Crippen LogP contribution in [0.15, 0.2) is 16.8 Å². The maximum absolute atomic E-state index is 5.19. The summed E-state index contributed by atoms with van der Waals surface area (Å²) in [6.07, 6.45) is 3.09. The minimum absolute atomic E-state index is 0.626. The summed E-state index contributed by atoms with van der Waals surface area (Å²) < 4.78 is 5.19. The molecule has 0 aromatic carbocycles. The molecule has 1 unspecified atom stereocenters. The number of nitrogens with zero attached hydrogens (tertiary/aromatic N) is 2. The van der Waals surface area contributed by atoms with Gasteiger partial charge in [0.25, 0.3) is 0 Å². The monoisotopic (exact) mass is 164 g/mol. The van der Waals surface area contributed by atoms with Crippen LogP contribution in [0, 0.1) is 5.92 Å². The van der Waals surface area contributed by atoms with Gasteiger partial charge in [-0.1, -0.05) is 5.16 Å².